The predicted octanol–water partition coefficient (Wildman–Crippen LogP) is 3.56. The number of aliphatic hydroxyl groups is 1. The van der Waals surface area contributed by atoms with Crippen LogP contribution in [0.4, 0.5) is 5.69 Å². The zero-order valence-corrected chi connectivity index (χ0v) is 15.9. The van der Waals surface area contributed by atoms with E-state index in [0.717, 1.165) is 42.2 Å². The fourth-order valence-electron chi connectivity index (χ4n) is 4.42. The van der Waals surface area contributed by atoms with Gasteiger partial charge in [0.2, 0.25) is 5.91 Å². The molecule has 0 radical (unpaired) electrons. The Morgan fingerprint density at radius 3 is 2.63 bits per heavy atom. The second kappa shape index (κ2) is 7.83. The first-order valence-corrected chi connectivity index (χ1v) is 9.99. The van der Waals surface area contributed by atoms with Crippen LogP contribution < -0.4 is 5.32 Å². The smallest absolute Gasteiger partial charge is 0.228 e. The summed E-state index contributed by atoms with van der Waals surface area (Å²) in [5.41, 5.74) is 4.20. The molecule has 2 aliphatic heterocycles. The molecule has 4 rings (SSSR count). The maximum Gasteiger partial charge on any atom is 0.228 e. The number of piperidine rings is 1. The molecule has 4 heteroatoms. The van der Waals surface area contributed by atoms with E-state index >= 15 is 0 Å². The average molecular weight is 364 g/mol. The Bertz CT molecular complexity index is 797. The molecule has 0 spiro atoms. The van der Waals surface area contributed by atoms with Gasteiger partial charge in [-0.15, -0.1) is 0 Å². The molecule has 2 aromatic carbocycles. The summed E-state index contributed by atoms with van der Waals surface area (Å²) in [5.74, 6) is 0.759. The number of hydrogen-bond donors (Lipinski definition) is 2. The van der Waals surface area contributed by atoms with E-state index in [-0.39, 0.29) is 11.9 Å². The third kappa shape index (κ3) is 4.07. The van der Waals surface area contributed by atoms with E-state index in [1.54, 1.807) is 0 Å². The van der Waals surface area contributed by atoms with Crippen molar-refractivity contribution in [3.05, 3.63) is 65.2 Å². The van der Waals surface area contributed by atoms with Crippen LogP contribution in [0, 0.1) is 5.92 Å². The Hall–Kier alpha value is -2.17. The van der Waals surface area contributed by atoms with Gasteiger partial charge in [-0.1, -0.05) is 42.5 Å². The van der Waals surface area contributed by atoms with Crippen molar-refractivity contribution in [2.75, 3.05) is 18.4 Å². The quantitative estimate of drug-likeness (QED) is 0.853. The summed E-state index contributed by atoms with van der Waals surface area (Å²) in [4.78, 5) is 13.9. The number of nitrogens with one attached hydrogen (secondary N) is 1. The maximum absolute atomic E-state index is 11.5. The standard InChI is InChI=1S/C23H28N2O2/c1-16(23(27)19-7-8-21-20(14-19)15-22(26)24-21)25-11-9-18(10-12-25)13-17-5-3-2-4-6-17/h2-8,14,16,18,23,27H,9-13,15H2,1H3,(H,24,26)/t16-,23-/m0/s1. The summed E-state index contributed by atoms with van der Waals surface area (Å²) in [6, 6.07) is 16.6. The van der Waals surface area contributed by atoms with Gasteiger partial charge in [0.15, 0.2) is 0 Å². The fourth-order valence-corrected chi connectivity index (χ4v) is 4.42. The highest BCUT2D eigenvalue weighted by Crippen LogP contribution is 2.31. The molecule has 0 bridgehead atoms. The molecule has 142 valence electrons. The number of hydrogen-bond acceptors (Lipinski definition) is 3. The van der Waals surface area contributed by atoms with Crippen molar-refractivity contribution < 1.29 is 9.90 Å². The van der Waals surface area contributed by atoms with Crippen LogP contribution in [0.15, 0.2) is 48.5 Å². The summed E-state index contributed by atoms with van der Waals surface area (Å²) in [5, 5.41) is 13.7. The van der Waals surface area contributed by atoms with E-state index < -0.39 is 6.10 Å². The first kappa shape index (κ1) is 18.2. The van der Waals surface area contributed by atoms with Crippen LogP contribution in [0.25, 0.3) is 0 Å². The first-order valence-electron chi connectivity index (χ1n) is 9.99. The van der Waals surface area contributed by atoms with Crippen LogP contribution in [0.2, 0.25) is 0 Å². The SMILES string of the molecule is C[C@@H]([C@H](O)c1ccc2c(c1)CC(=O)N2)N1CCC(Cc2ccccc2)CC1. The van der Waals surface area contributed by atoms with Crippen molar-refractivity contribution in [2.45, 2.75) is 44.8 Å². The number of carbonyl (C=O) groups is 1. The van der Waals surface area contributed by atoms with Crippen LogP contribution in [-0.4, -0.2) is 35.0 Å². The van der Waals surface area contributed by atoms with Crippen LogP contribution >= 0.6 is 0 Å². The van der Waals surface area contributed by atoms with Crippen LogP contribution in [-0.2, 0) is 17.6 Å². The van der Waals surface area contributed by atoms with Gasteiger partial charge in [0.25, 0.3) is 0 Å². The molecule has 2 aliphatic rings. The third-order valence-corrected chi connectivity index (χ3v) is 6.15. The van der Waals surface area contributed by atoms with Crippen molar-refractivity contribution >= 4 is 11.6 Å². The Morgan fingerprint density at radius 1 is 1.15 bits per heavy atom. The van der Waals surface area contributed by atoms with Crippen molar-refractivity contribution in [1.29, 1.82) is 0 Å². The number of likely N-dealkylation sites (tertiary alicyclic amines) is 1. The molecular weight excluding hydrogens is 336 g/mol. The molecule has 1 amide bonds. The Labute approximate surface area is 161 Å². The zero-order valence-electron chi connectivity index (χ0n) is 15.9. The lowest BCUT2D eigenvalue weighted by atomic mass is 9.89. The minimum atomic E-state index is -0.531. The molecule has 1 saturated heterocycles. The van der Waals surface area contributed by atoms with Gasteiger partial charge in [-0.25, -0.2) is 0 Å². The molecular formula is C23H28N2O2. The largest absolute Gasteiger partial charge is 0.387 e. The number of rotatable bonds is 5. The normalized spacial score (nSPS) is 20.1. The van der Waals surface area contributed by atoms with Crippen molar-refractivity contribution in [1.82, 2.24) is 4.90 Å². The van der Waals surface area contributed by atoms with Crippen molar-refractivity contribution in [2.24, 2.45) is 5.92 Å². The van der Waals surface area contributed by atoms with Gasteiger partial charge in [-0.3, -0.25) is 9.69 Å². The monoisotopic (exact) mass is 364 g/mol. The fraction of sp³-hybridized carbons (Fsp3) is 0.435. The van der Waals surface area contributed by atoms with Gasteiger partial charge in [0.05, 0.1) is 12.5 Å². The molecule has 27 heavy (non-hydrogen) atoms. The van der Waals surface area contributed by atoms with Crippen molar-refractivity contribution in [3.8, 4) is 0 Å². The van der Waals surface area contributed by atoms with Gasteiger partial charge in [0.1, 0.15) is 0 Å². The van der Waals surface area contributed by atoms with E-state index in [0.29, 0.717) is 6.42 Å². The van der Waals surface area contributed by atoms with Crippen molar-refractivity contribution in [3.63, 3.8) is 0 Å². The van der Waals surface area contributed by atoms with Gasteiger partial charge in [-0.05, 0) is 68.0 Å². The number of aliphatic hydroxyl groups excluding tert-OH is 1. The minimum Gasteiger partial charge on any atom is -0.387 e. The molecule has 0 saturated carbocycles. The topological polar surface area (TPSA) is 52.6 Å². The summed E-state index contributed by atoms with van der Waals surface area (Å²) in [6.45, 7) is 4.17. The second-order valence-corrected chi connectivity index (χ2v) is 8.00. The lowest BCUT2D eigenvalue weighted by Crippen LogP contribution is -2.43. The van der Waals surface area contributed by atoms with Crippen LogP contribution in [0.1, 0.15) is 42.6 Å². The lowest BCUT2D eigenvalue weighted by Gasteiger charge is -2.38. The number of anilines is 1. The third-order valence-electron chi connectivity index (χ3n) is 6.15. The summed E-state index contributed by atoms with van der Waals surface area (Å²) >= 11 is 0. The van der Waals surface area contributed by atoms with Crippen LogP contribution in [0.5, 0.6) is 0 Å². The predicted molar refractivity (Wildman–Crippen MR) is 108 cm³/mol. The molecule has 4 nitrogen and oxygen atoms in total. The van der Waals surface area contributed by atoms with Gasteiger partial charge in [0, 0.05) is 11.7 Å². The van der Waals surface area contributed by atoms with E-state index in [9.17, 15) is 9.90 Å². The molecule has 2 heterocycles. The van der Waals surface area contributed by atoms with E-state index in [2.05, 4.69) is 47.5 Å². The Kier molecular flexibility index (Phi) is 5.28. The Morgan fingerprint density at radius 2 is 1.89 bits per heavy atom. The highest BCUT2D eigenvalue weighted by atomic mass is 16.3. The van der Waals surface area contributed by atoms with Gasteiger partial charge in [-0.2, -0.15) is 0 Å². The summed E-state index contributed by atoms with van der Waals surface area (Å²) in [6.07, 6.45) is 3.38. The highest BCUT2D eigenvalue weighted by molar-refractivity contribution is 5.99. The number of fused-ring (bicyclic) bond motifs is 1. The zero-order chi connectivity index (χ0) is 18.8. The summed E-state index contributed by atoms with van der Waals surface area (Å²) < 4.78 is 0. The number of nitrogens with zero attached hydrogens (tertiary/aromatic N) is 1. The number of benzene rings is 2. The number of amides is 1. The molecule has 0 aliphatic carbocycles. The minimum absolute atomic E-state index is 0.0326. The molecule has 0 aromatic heterocycles. The molecule has 2 aromatic rings. The Balaban J connectivity index is 1.34. The molecule has 1 fully saturated rings. The first-order chi connectivity index (χ1) is 13.1. The molecule has 2 atom stereocenters. The molecule has 0 unspecified atom stereocenters. The van der Waals surface area contributed by atoms with E-state index in [1.165, 1.54) is 18.4 Å². The lowest BCUT2D eigenvalue weighted by molar-refractivity contribution is -0.115. The number of carbonyl (C=O) groups excluding carboxylic acids is 1. The van der Waals surface area contributed by atoms with Gasteiger partial charge >= 0.3 is 0 Å². The van der Waals surface area contributed by atoms with E-state index in [4.69, 9.17) is 0 Å². The maximum atomic E-state index is 11.5. The summed E-state index contributed by atoms with van der Waals surface area (Å²) in [7, 11) is 0. The average Bonchev–Trinajstić information content (AvgIpc) is 3.07. The second-order valence-electron chi connectivity index (χ2n) is 8.00. The highest BCUT2D eigenvalue weighted by Gasteiger charge is 2.28. The van der Waals surface area contributed by atoms with Crippen LogP contribution in [0.3, 0.4) is 0 Å². The molecule has 2 N–H and O–H groups in total. The van der Waals surface area contributed by atoms with Gasteiger partial charge < -0.3 is 10.4 Å². The van der Waals surface area contributed by atoms with E-state index in [1.807, 2.05) is 18.2 Å².